The summed E-state index contributed by atoms with van der Waals surface area (Å²) in [6.07, 6.45) is 5.16. The molecule has 1 aromatic heterocycles. The van der Waals surface area contributed by atoms with E-state index in [0.29, 0.717) is 0 Å². The standard InChI is InChI=1S/C12H17N/c1-5-11(6-2)12-7-9(3)8-13-10(12)4/h5,7-8H,6H2,1-4H3/b11-5-. The van der Waals surface area contributed by atoms with Crippen LogP contribution in [0.5, 0.6) is 0 Å². The van der Waals surface area contributed by atoms with E-state index in [4.69, 9.17) is 0 Å². The third kappa shape index (κ3) is 2.18. The van der Waals surface area contributed by atoms with E-state index in [-0.39, 0.29) is 0 Å². The van der Waals surface area contributed by atoms with Gasteiger partial charge >= 0.3 is 0 Å². The number of rotatable bonds is 2. The van der Waals surface area contributed by atoms with Crippen molar-refractivity contribution in [1.29, 1.82) is 0 Å². The van der Waals surface area contributed by atoms with Crippen LogP contribution in [-0.2, 0) is 0 Å². The van der Waals surface area contributed by atoms with Crippen molar-refractivity contribution in [3.63, 3.8) is 0 Å². The fraction of sp³-hybridized carbons (Fsp3) is 0.417. The van der Waals surface area contributed by atoms with Crippen LogP contribution in [0.1, 0.15) is 37.1 Å². The zero-order chi connectivity index (χ0) is 9.84. The Morgan fingerprint density at radius 1 is 1.46 bits per heavy atom. The van der Waals surface area contributed by atoms with Gasteiger partial charge in [-0.05, 0) is 50.0 Å². The van der Waals surface area contributed by atoms with Crippen molar-refractivity contribution in [2.24, 2.45) is 0 Å². The van der Waals surface area contributed by atoms with Gasteiger partial charge in [0.1, 0.15) is 0 Å². The topological polar surface area (TPSA) is 12.9 Å². The lowest BCUT2D eigenvalue weighted by atomic mass is 10.0. The van der Waals surface area contributed by atoms with Crippen molar-refractivity contribution in [3.05, 3.63) is 35.2 Å². The SMILES string of the molecule is C/C=C(/CC)c1cc(C)cnc1C. The van der Waals surface area contributed by atoms with E-state index in [0.717, 1.165) is 12.1 Å². The van der Waals surface area contributed by atoms with E-state index >= 15 is 0 Å². The van der Waals surface area contributed by atoms with Crippen LogP contribution in [-0.4, -0.2) is 4.98 Å². The Balaban J connectivity index is 3.19. The van der Waals surface area contributed by atoms with E-state index in [2.05, 4.69) is 44.8 Å². The molecule has 1 aromatic rings. The molecule has 70 valence electrons. The summed E-state index contributed by atoms with van der Waals surface area (Å²) in [5, 5.41) is 0. The quantitative estimate of drug-likeness (QED) is 0.670. The fourth-order valence-corrected chi connectivity index (χ4v) is 1.51. The maximum atomic E-state index is 4.35. The smallest absolute Gasteiger partial charge is 0.0447 e. The van der Waals surface area contributed by atoms with E-state index < -0.39 is 0 Å². The molecule has 0 spiro atoms. The van der Waals surface area contributed by atoms with Crippen molar-refractivity contribution in [2.75, 3.05) is 0 Å². The Bertz CT molecular complexity index is 324. The highest BCUT2D eigenvalue weighted by molar-refractivity contribution is 5.67. The lowest BCUT2D eigenvalue weighted by molar-refractivity contribution is 1.13. The summed E-state index contributed by atoms with van der Waals surface area (Å²) in [4.78, 5) is 4.35. The molecule has 13 heavy (non-hydrogen) atoms. The lowest BCUT2D eigenvalue weighted by Crippen LogP contribution is -1.92. The predicted octanol–water partition coefficient (Wildman–Crippen LogP) is 3.51. The van der Waals surface area contributed by atoms with E-state index in [1.54, 1.807) is 0 Å². The molecule has 0 radical (unpaired) electrons. The van der Waals surface area contributed by atoms with Gasteiger partial charge in [0.2, 0.25) is 0 Å². The molecule has 0 aliphatic carbocycles. The van der Waals surface area contributed by atoms with Crippen LogP contribution in [0.3, 0.4) is 0 Å². The molecular formula is C12H17N. The molecule has 0 fully saturated rings. The zero-order valence-electron chi connectivity index (χ0n) is 8.89. The second-order valence-corrected chi connectivity index (χ2v) is 3.31. The van der Waals surface area contributed by atoms with Crippen LogP contribution in [0, 0.1) is 13.8 Å². The van der Waals surface area contributed by atoms with Crippen molar-refractivity contribution >= 4 is 5.57 Å². The molecule has 0 aliphatic rings. The summed E-state index contributed by atoms with van der Waals surface area (Å²) in [6.45, 7) is 8.41. The third-order valence-electron chi connectivity index (χ3n) is 2.30. The van der Waals surface area contributed by atoms with Crippen LogP contribution in [0.4, 0.5) is 0 Å². The fourth-order valence-electron chi connectivity index (χ4n) is 1.51. The van der Waals surface area contributed by atoms with Crippen LogP contribution in [0.15, 0.2) is 18.3 Å². The molecule has 0 bridgehead atoms. The molecule has 1 heterocycles. The summed E-state index contributed by atoms with van der Waals surface area (Å²) in [5.41, 5.74) is 5.03. The molecule has 1 heteroatoms. The van der Waals surface area contributed by atoms with Crippen molar-refractivity contribution in [3.8, 4) is 0 Å². The molecule has 0 saturated carbocycles. The number of pyridine rings is 1. The van der Waals surface area contributed by atoms with E-state index in [9.17, 15) is 0 Å². The largest absolute Gasteiger partial charge is 0.261 e. The van der Waals surface area contributed by atoms with Gasteiger partial charge in [-0.3, -0.25) is 4.98 Å². The number of aromatic nitrogens is 1. The predicted molar refractivity (Wildman–Crippen MR) is 57.7 cm³/mol. The van der Waals surface area contributed by atoms with Gasteiger partial charge in [0.05, 0.1) is 0 Å². The minimum atomic E-state index is 1.07. The van der Waals surface area contributed by atoms with Crippen molar-refractivity contribution in [1.82, 2.24) is 4.98 Å². The first-order valence-electron chi connectivity index (χ1n) is 4.77. The van der Waals surface area contributed by atoms with Crippen LogP contribution < -0.4 is 0 Å². The van der Waals surface area contributed by atoms with E-state index in [1.165, 1.54) is 16.7 Å². The average molecular weight is 175 g/mol. The molecule has 0 aromatic carbocycles. The number of aryl methyl sites for hydroxylation is 2. The number of allylic oxidation sites excluding steroid dienone is 2. The third-order valence-corrected chi connectivity index (χ3v) is 2.30. The van der Waals surface area contributed by atoms with Gasteiger partial charge in [-0.25, -0.2) is 0 Å². The number of hydrogen-bond acceptors (Lipinski definition) is 1. The van der Waals surface area contributed by atoms with Crippen LogP contribution in [0.2, 0.25) is 0 Å². The molecule has 0 amide bonds. The molecule has 1 nitrogen and oxygen atoms in total. The molecule has 0 unspecified atom stereocenters. The van der Waals surface area contributed by atoms with Gasteiger partial charge < -0.3 is 0 Å². The average Bonchev–Trinajstić information content (AvgIpc) is 2.13. The summed E-state index contributed by atoms with van der Waals surface area (Å²) >= 11 is 0. The molecular weight excluding hydrogens is 158 g/mol. The van der Waals surface area contributed by atoms with Gasteiger partial charge in [-0.1, -0.05) is 13.0 Å². The van der Waals surface area contributed by atoms with Gasteiger partial charge in [0.15, 0.2) is 0 Å². The molecule has 0 atom stereocenters. The number of nitrogens with zero attached hydrogens (tertiary/aromatic N) is 1. The molecule has 0 aliphatic heterocycles. The van der Waals surface area contributed by atoms with Gasteiger partial charge in [-0.15, -0.1) is 0 Å². The maximum Gasteiger partial charge on any atom is 0.0447 e. The second kappa shape index (κ2) is 4.22. The minimum Gasteiger partial charge on any atom is -0.261 e. The Hall–Kier alpha value is -1.11. The Morgan fingerprint density at radius 3 is 2.69 bits per heavy atom. The maximum absolute atomic E-state index is 4.35. The highest BCUT2D eigenvalue weighted by Crippen LogP contribution is 2.20. The normalized spacial score (nSPS) is 11.8. The van der Waals surface area contributed by atoms with Crippen molar-refractivity contribution in [2.45, 2.75) is 34.1 Å². The Kier molecular flexibility index (Phi) is 3.24. The Labute approximate surface area is 80.5 Å². The Morgan fingerprint density at radius 2 is 2.15 bits per heavy atom. The van der Waals surface area contributed by atoms with Crippen molar-refractivity contribution < 1.29 is 0 Å². The monoisotopic (exact) mass is 175 g/mol. The summed E-state index contributed by atoms with van der Waals surface area (Å²) < 4.78 is 0. The first-order chi connectivity index (χ1) is 6.19. The summed E-state index contributed by atoms with van der Waals surface area (Å²) in [7, 11) is 0. The molecule has 0 N–H and O–H groups in total. The van der Waals surface area contributed by atoms with Gasteiger partial charge in [-0.2, -0.15) is 0 Å². The van der Waals surface area contributed by atoms with Gasteiger partial charge in [0.25, 0.3) is 0 Å². The number of hydrogen-bond donors (Lipinski definition) is 0. The second-order valence-electron chi connectivity index (χ2n) is 3.31. The van der Waals surface area contributed by atoms with Gasteiger partial charge in [0, 0.05) is 11.9 Å². The van der Waals surface area contributed by atoms with Crippen LogP contribution >= 0.6 is 0 Å². The summed E-state index contributed by atoms with van der Waals surface area (Å²) in [6, 6.07) is 2.21. The van der Waals surface area contributed by atoms with Crippen LogP contribution in [0.25, 0.3) is 5.57 Å². The zero-order valence-corrected chi connectivity index (χ0v) is 8.89. The minimum absolute atomic E-state index is 1.07. The summed E-state index contributed by atoms with van der Waals surface area (Å²) in [5.74, 6) is 0. The lowest BCUT2D eigenvalue weighted by Gasteiger charge is -2.08. The molecule has 0 saturated heterocycles. The highest BCUT2D eigenvalue weighted by atomic mass is 14.7. The first-order valence-corrected chi connectivity index (χ1v) is 4.77. The molecule has 1 rings (SSSR count). The van der Waals surface area contributed by atoms with E-state index in [1.807, 2.05) is 6.20 Å². The highest BCUT2D eigenvalue weighted by Gasteiger charge is 2.03. The first kappa shape index (κ1) is 9.97.